The van der Waals surface area contributed by atoms with E-state index in [1.54, 1.807) is 0 Å². The molecule has 1 rings (SSSR count). The topological polar surface area (TPSA) is 91.2 Å². The second-order valence-electron chi connectivity index (χ2n) is 1.99. The summed E-state index contributed by atoms with van der Waals surface area (Å²) in [4.78, 5) is 10.7. The molecule has 0 aliphatic carbocycles. The van der Waals surface area contributed by atoms with Crippen molar-refractivity contribution in [2.75, 3.05) is 26.3 Å². The van der Waals surface area contributed by atoms with E-state index in [2.05, 4.69) is 20.3 Å². The van der Waals surface area contributed by atoms with Gasteiger partial charge in [-0.15, -0.1) is 0 Å². The summed E-state index contributed by atoms with van der Waals surface area (Å²) in [5, 5.41) is 19.1. The average Bonchev–Trinajstić information content (AvgIpc) is 2.22. The first-order valence-corrected chi connectivity index (χ1v) is 3.89. The fourth-order valence-electron chi connectivity index (χ4n) is 0.488. The van der Waals surface area contributed by atoms with Gasteiger partial charge in [0, 0.05) is 13.1 Å². The maximum Gasteiger partial charge on any atom is 0.119 e. The third kappa shape index (κ3) is 10.9. The molecule has 0 fully saturated rings. The maximum atomic E-state index is 8.15. The van der Waals surface area contributed by atoms with Gasteiger partial charge in [-0.1, -0.05) is 0 Å². The molecule has 0 radical (unpaired) electrons. The Balaban J connectivity index is 0.000000223. The summed E-state index contributed by atoms with van der Waals surface area (Å²) >= 11 is 0. The van der Waals surface area contributed by atoms with Gasteiger partial charge in [-0.25, -0.2) is 15.0 Å². The molecular weight excluding hydrogens is 172 g/mol. The van der Waals surface area contributed by atoms with Crippen molar-refractivity contribution < 1.29 is 10.2 Å². The van der Waals surface area contributed by atoms with Gasteiger partial charge in [0.1, 0.15) is 19.0 Å². The summed E-state index contributed by atoms with van der Waals surface area (Å²) in [6.45, 7) is 1.42. The van der Waals surface area contributed by atoms with Gasteiger partial charge in [0.25, 0.3) is 0 Å². The minimum Gasteiger partial charge on any atom is -0.395 e. The lowest BCUT2D eigenvalue weighted by Gasteiger charge is -1.94. The van der Waals surface area contributed by atoms with Crippen molar-refractivity contribution in [2.45, 2.75) is 0 Å². The number of aliphatic hydroxyl groups excluding tert-OH is 2. The molecule has 0 saturated carbocycles. The van der Waals surface area contributed by atoms with Crippen molar-refractivity contribution in [1.29, 1.82) is 0 Å². The highest BCUT2D eigenvalue weighted by Crippen LogP contribution is 1.57. The standard InChI is InChI=1S/C4H11NO2.C3H3N3/c6-3-1-5-2-4-7;1-4-2-6-3-5-1/h5-7H,1-4H2;1-3H. The van der Waals surface area contributed by atoms with Crippen molar-refractivity contribution in [3.05, 3.63) is 19.0 Å². The number of nitrogens with one attached hydrogen (secondary N) is 1. The molecule has 6 heteroatoms. The molecule has 1 aromatic rings. The first-order valence-electron chi connectivity index (χ1n) is 3.89. The van der Waals surface area contributed by atoms with Crippen LogP contribution in [0.3, 0.4) is 0 Å². The van der Waals surface area contributed by atoms with E-state index < -0.39 is 0 Å². The van der Waals surface area contributed by atoms with Crippen LogP contribution in [-0.2, 0) is 0 Å². The minimum atomic E-state index is 0.139. The molecule has 0 spiro atoms. The summed E-state index contributed by atoms with van der Waals surface area (Å²) < 4.78 is 0. The summed E-state index contributed by atoms with van der Waals surface area (Å²) in [6, 6.07) is 0. The van der Waals surface area contributed by atoms with Crippen LogP contribution in [0.25, 0.3) is 0 Å². The third-order valence-electron chi connectivity index (χ3n) is 0.977. The number of rotatable bonds is 4. The molecule has 0 aliphatic heterocycles. The fourth-order valence-corrected chi connectivity index (χ4v) is 0.488. The Morgan fingerprint density at radius 1 is 0.846 bits per heavy atom. The summed E-state index contributed by atoms with van der Waals surface area (Å²) in [7, 11) is 0. The lowest BCUT2D eigenvalue weighted by Crippen LogP contribution is -2.21. The Morgan fingerprint density at radius 3 is 1.46 bits per heavy atom. The molecular formula is C7H14N4O2. The molecule has 13 heavy (non-hydrogen) atoms. The summed E-state index contributed by atoms with van der Waals surface area (Å²) in [6.07, 6.45) is 4.31. The smallest absolute Gasteiger partial charge is 0.119 e. The highest BCUT2D eigenvalue weighted by Gasteiger charge is 1.78. The van der Waals surface area contributed by atoms with Crippen molar-refractivity contribution in [1.82, 2.24) is 20.3 Å². The van der Waals surface area contributed by atoms with Gasteiger partial charge >= 0.3 is 0 Å². The van der Waals surface area contributed by atoms with E-state index in [0.29, 0.717) is 13.1 Å². The van der Waals surface area contributed by atoms with E-state index in [1.807, 2.05) is 0 Å². The third-order valence-corrected chi connectivity index (χ3v) is 0.977. The van der Waals surface area contributed by atoms with E-state index in [0.717, 1.165) is 0 Å². The monoisotopic (exact) mass is 186 g/mol. The van der Waals surface area contributed by atoms with E-state index in [1.165, 1.54) is 19.0 Å². The van der Waals surface area contributed by atoms with Crippen LogP contribution < -0.4 is 5.32 Å². The molecule has 3 N–H and O–H groups in total. The van der Waals surface area contributed by atoms with Crippen molar-refractivity contribution in [2.24, 2.45) is 0 Å². The zero-order chi connectivity index (χ0) is 9.78. The van der Waals surface area contributed by atoms with Gasteiger partial charge in [-0.2, -0.15) is 0 Å². The average molecular weight is 186 g/mol. The lowest BCUT2D eigenvalue weighted by molar-refractivity contribution is 0.267. The highest BCUT2D eigenvalue weighted by molar-refractivity contribution is 4.51. The molecule has 0 atom stereocenters. The number of hydrogen-bond donors (Lipinski definition) is 3. The Kier molecular flexibility index (Phi) is 9.96. The molecule has 6 nitrogen and oxygen atoms in total. The van der Waals surface area contributed by atoms with Gasteiger partial charge in [0.05, 0.1) is 13.2 Å². The van der Waals surface area contributed by atoms with Gasteiger partial charge in [0.15, 0.2) is 0 Å². The molecule has 1 aromatic heterocycles. The van der Waals surface area contributed by atoms with Gasteiger partial charge in [-0.3, -0.25) is 0 Å². The van der Waals surface area contributed by atoms with E-state index in [4.69, 9.17) is 10.2 Å². The Labute approximate surface area is 76.7 Å². The van der Waals surface area contributed by atoms with Crippen LogP contribution in [0.4, 0.5) is 0 Å². The number of hydrogen-bond acceptors (Lipinski definition) is 6. The van der Waals surface area contributed by atoms with Crippen LogP contribution in [0.15, 0.2) is 19.0 Å². The number of nitrogens with zero attached hydrogens (tertiary/aromatic N) is 3. The second-order valence-corrected chi connectivity index (χ2v) is 1.99. The molecule has 0 aliphatic rings. The second kappa shape index (κ2) is 10.9. The van der Waals surface area contributed by atoms with Crippen LogP contribution in [0.5, 0.6) is 0 Å². The van der Waals surface area contributed by atoms with E-state index in [9.17, 15) is 0 Å². The quantitative estimate of drug-likeness (QED) is 0.492. The lowest BCUT2D eigenvalue weighted by atomic mass is 10.6. The maximum absolute atomic E-state index is 8.15. The van der Waals surface area contributed by atoms with E-state index >= 15 is 0 Å². The summed E-state index contributed by atoms with van der Waals surface area (Å²) in [5.41, 5.74) is 0. The van der Waals surface area contributed by atoms with Crippen LogP contribution in [0.1, 0.15) is 0 Å². The first-order chi connectivity index (χ1) is 6.41. The molecule has 0 saturated heterocycles. The molecule has 0 aromatic carbocycles. The molecule has 0 bridgehead atoms. The number of aliphatic hydroxyl groups is 2. The normalized spacial score (nSPS) is 8.77. The first kappa shape index (κ1) is 11.9. The Morgan fingerprint density at radius 2 is 1.23 bits per heavy atom. The van der Waals surface area contributed by atoms with Crippen LogP contribution in [0.2, 0.25) is 0 Å². The predicted molar refractivity (Wildman–Crippen MR) is 46.9 cm³/mol. The predicted octanol–water partition coefficient (Wildman–Crippen LogP) is -1.57. The van der Waals surface area contributed by atoms with Crippen molar-refractivity contribution in [3.63, 3.8) is 0 Å². The number of aromatic nitrogens is 3. The van der Waals surface area contributed by atoms with E-state index in [-0.39, 0.29) is 13.2 Å². The van der Waals surface area contributed by atoms with Crippen LogP contribution in [-0.4, -0.2) is 51.5 Å². The molecule has 0 unspecified atom stereocenters. The fraction of sp³-hybridized carbons (Fsp3) is 0.571. The SMILES string of the molecule is OCCNCCO.c1ncncn1. The molecule has 0 amide bonds. The van der Waals surface area contributed by atoms with Crippen molar-refractivity contribution >= 4 is 0 Å². The largest absolute Gasteiger partial charge is 0.395 e. The molecule has 74 valence electrons. The minimum absolute atomic E-state index is 0.139. The van der Waals surface area contributed by atoms with Crippen LogP contribution in [0, 0.1) is 0 Å². The Bertz CT molecular complexity index is 143. The zero-order valence-corrected chi connectivity index (χ0v) is 7.30. The van der Waals surface area contributed by atoms with Gasteiger partial charge in [-0.05, 0) is 0 Å². The van der Waals surface area contributed by atoms with Gasteiger partial charge < -0.3 is 15.5 Å². The molecule has 1 heterocycles. The zero-order valence-electron chi connectivity index (χ0n) is 7.30. The highest BCUT2D eigenvalue weighted by atomic mass is 16.3. The van der Waals surface area contributed by atoms with Crippen LogP contribution >= 0.6 is 0 Å². The van der Waals surface area contributed by atoms with Gasteiger partial charge in [0.2, 0.25) is 0 Å². The Hall–Kier alpha value is -1.11. The van der Waals surface area contributed by atoms with Crippen molar-refractivity contribution in [3.8, 4) is 0 Å². The summed E-state index contributed by atoms with van der Waals surface area (Å²) in [5.74, 6) is 0.